The van der Waals surface area contributed by atoms with E-state index in [1.54, 1.807) is 0 Å². The minimum atomic E-state index is 0.733. The molecule has 4 rings (SSSR count). The maximum atomic E-state index is 6.30. The number of para-hydroxylation sites is 1. The molecule has 2 heterocycles. The minimum Gasteiger partial charge on any atom is -0.354 e. The van der Waals surface area contributed by atoms with E-state index in [1.807, 2.05) is 36.5 Å². The number of aromatic amines is 1. The summed E-state index contributed by atoms with van der Waals surface area (Å²) in [5, 5.41) is 4.03. The predicted octanol–water partition coefficient (Wildman–Crippen LogP) is 4.52. The van der Waals surface area contributed by atoms with Crippen molar-refractivity contribution in [3.05, 3.63) is 53.7 Å². The lowest BCUT2D eigenvalue weighted by Crippen LogP contribution is -1.81. The molecular formula is C15H9ClN2. The smallest absolute Gasteiger partial charge is 0.0738 e. The number of hydrogen-bond donors (Lipinski definition) is 1. The maximum Gasteiger partial charge on any atom is 0.0738 e. The van der Waals surface area contributed by atoms with Crippen LogP contribution in [0.15, 0.2) is 48.7 Å². The number of hydrogen-bond acceptors (Lipinski definition) is 1. The molecule has 0 bridgehead atoms. The molecule has 2 aromatic carbocycles. The number of nitrogens with one attached hydrogen (secondary N) is 1. The van der Waals surface area contributed by atoms with Crippen molar-refractivity contribution in [3.8, 4) is 0 Å². The summed E-state index contributed by atoms with van der Waals surface area (Å²) in [4.78, 5) is 7.93. The third-order valence-electron chi connectivity index (χ3n) is 3.32. The Labute approximate surface area is 108 Å². The van der Waals surface area contributed by atoms with Crippen LogP contribution in [0.1, 0.15) is 0 Å². The molecule has 2 nitrogen and oxygen atoms in total. The van der Waals surface area contributed by atoms with Crippen LogP contribution in [-0.4, -0.2) is 9.97 Å². The average molecular weight is 253 g/mol. The number of benzene rings is 2. The van der Waals surface area contributed by atoms with Crippen LogP contribution in [0.4, 0.5) is 0 Å². The Hall–Kier alpha value is -2.06. The first kappa shape index (κ1) is 9.92. The lowest BCUT2D eigenvalue weighted by molar-refractivity contribution is 1.44. The molecule has 0 unspecified atom stereocenters. The highest BCUT2D eigenvalue weighted by molar-refractivity contribution is 6.38. The lowest BCUT2D eigenvalue weighted by atomic mass is 10.1. The molecule has 86 valence electrons. The SMILES string of the molecule is Clc1cccc2ncc3c4ccccc4[nH]c3c12. The van der Waals surface area contributed by atoms with Crippen LogP contribution in [0.2, 0.25) is 5.02 Å². The van der Waals surface area contributed by atoms with Crippen molar-refractivity contribution in [1.82, 2.24) is 9.97 Å². The van der Waals surface area contributed by atoms with Gasteiger partial charge in [0.15, 0.2) is 0 Å². The molecule has 0 aliphatic heterocycles. The molecule has 0 amide bonds. The second-order valence-electron chi connectivity index (χ2n) is 4.35. The molecule has 0 saturated heterocycles. The molecule has 2 aromatic heterocycles. The number of aromatic nitrogens is 2. The molecule has 0 saturated carbocycles. The van der Waals surface area contributed by atoms with Crippen molar-refractivity contribution in [2.24, 2.45) is 0 Å². The van der Waals surface area contributed by atoms with E-state index in [0.29, 0.717) is 0 Å². The zero-order valence-corrected chi connectivity index (χ0v) is 10.2. The van der Waals surface area contributed by atoms with Gasteiger partial charge in [0.05, 0.1) is 16.1 Å². The van der Waals surface area contributed by atoms with Crippen LogP contribution in [0.25, 0.3) is 32.7 Å². The quantitative estimate of drug-likeness (QED) is 0.490. The summed E-state index contributed by atoms with van der Waals surface area (Å²) in [6, 6.07) is 14.0. The largest absolute Gasteiger partial charge is 0.354 e. The number of rotatable bonds is 0. The highest BCUT2D eigenvalue weighted by Crippen LogP contribution is 2.33. The van der Waals surface area contributed by atoms with Gasteiger partial charge in [-0.1, -0.05) is 35.9 Å². The summed E-state index contributed by atoms with van der Waals surface area (Å²) in [6.45, 7) is 0. The van der Waals surface area contributed by atoms with Gasteiger partial charge < -0.3 is 4.98 Å². The minimum absolute atomic E-state index is 0.733. The van der Waals surface area contributed by atoms with Gasteiger partial charge in [0.25, 0.3) is 0 Å². The Kier molecular flexibility index (Phi) is 1.91. The summed E-state index contributed by atoms with van der Waals surface area (Å²) in [5.41, 5.74) is 3.09. The fourth-order valence-electron chi connectivity index (χ4n) is 2.50. The van der Waals surface area contributed by atoms with Crippen molar-refractivity contribution in [3.63, 3.8) is 0 Å². The fourth-order valence-corrected chi connectivity index (χ4v) is 2.76. The number of nitrogens with zero attached hydrogens (tertiary/aromatic N) is 1. The van der Waals surface area contributed by atoms with Gasteiger partial charge in [-0.05, 0) is 18.2 Å². The normalized spacial score (nSPS) is 11.6. The van der Waals surface area contributed by atoms with Crippen LogP contribution >= 0.6 is 11.6 Å². The van der Waals surface area contributed by atoms with E-state index < -0.39 is 0 Å². The van der Waals surface area contributed by atoms with Gasteiger partial charge in [0.1, 0.15) is 0 Å². The molecule has 0 atom stereocenters. The highest BCUT2D eigenvalue weighted by atomic mass is 35.5. The van der Waals surface area contributed by atoms with Gasteiger partial charge in [-0.25, -0.2) is 0 Å². The van der Waals surface area contributed by atoms with E-state index in [1.165, 1.54) is 5.39 Å². The monoisotopic (exact) mass is 252 g/mol. The van der Waals surface area contributed by atoms with Crippen LogP contribution in [0.3, 0.4) is 0 Å². The third kappa shape index (κ3) is 1.21. The van der Waals surface area contributed by atoms with Gasteiger partial charge >= 0.3 is 0 Å². The molecule has 4 aromatic rings. The highest BCUT2D eigenvalue weighted by Gasteiger charge is 2.09. The van der Waals surface area contributed by atoms with E-state index >= 15 is 0 Å². The Morgan fingerprint density at radius 1 is 0.944 bits per heavy atom. The first-order valence-corrected chi connectivity index (χ1v) is 6.16. The zero-order chi connectivity index (χ0) is 12.1. The van der Waals surface area contributed by atoms with Crippen LogP contribution in [0, 0.1) is 0 Å². The second-order valence-corrected chi connectivity index (χ2v) is 4.76. The second kappa shape index (κ2) is 3.47. The van der Waals surface area contributed by atoms with E-state index in [-0.39, 0.29) is 0 Å². The number of fused-ring (bicyclic) bond motifs is 5. The average Bonchev–Trinajstić information content (AvgIpc) is 2.77. The molecule has 3 heteroatoms. The Bertz CT molecular complexity index is 893. The lowest BCUT2D eigenvalue weighted by Gasteiger charge is -2.00. The molecule has 0 aliphatic carbocycles. The van der Waals surface area contributed by atoms with Crippen molar-refractivity contribution in [1.29, 1.82) is 0 Å². The summed E-state index contributed by atoms with van der Waals surface area (Å²) in [5.74, 6) is 0. The van der Waals surface area contributed by atoms with E-state index in [9.17, 15) is 0 Å². The Balaban J connectivity index is 2.35. The number of pyridine rings is 1. The zero-order valence-electron chi connectivity index (χ0n) is 9.44. The summed E-state index contributed by atoms with van der Waals surface area (Å²) >= 11 is 6.30. The van der Waals surface area contributed by atoms with Gasteiger partial charge in [-0.15, -0.1) is 0 Å². The summed E-state index contributed by atoms with van der Waals surface area (Å²) < 4.78 is 0. The first-order chi connectivity index (χ1) is 8.84. The standard InChI is InChI=1S/C15H9ClN2/c16-11-5-3-7-13-14(11)15-10(8-17-13)9-4-1-2-6-12(9)18-15/h1-8,18H. The summed E-state index contributed by atoms with van der Waals surface area (Å²) in [7, 11) is 0. The van der Waals surface area contributed by atoms with Crippen LogP contribution < -0.4 is 0 Å². The Morgan fingerprint density at radius 3 is 2.78 bits per heavy atom. The van der Waals surface area contributed by atoms with Crippen molar-refractivity contribution < 1.29 is 0 Å². The first-order valence-electron chi connectivity index (χ1n) is 5.78. The van der Waals surface area contributed by atoms with Gasteiger partial charge in [-0.3, -0.25) is 4.98 Å². The Morgan fingerprint density at radius 2 is 1.83 bits per heavy atom. The van der Waals surface area contributed by atoms with Crippen LogP contribution in [0.5, 0.6) is 0 Å². The topological polar surface area (TPSA) is 28.7 Å². The molecule has 0 radical (unpaired) electrons. The maximum absolute atomic E-state index is 6.30. The molecule has 0 fully saturated rings. The van der Waals surface area contributed by atoms with Gasteiger partial charge in [0.2, 0.25) is 0 Å². The molecule has 18 heavy (non-hydrogen) atoms. The van der Waals surface area contributed by atoms with E-state index in [2.05, 4.69) is 22.1 Å². The van der Waals surface area contributed by atoms with E-state index in [0.717, 1.165) is 32.3 Å². The predicted molar refractivity (Wildman–Crippen MR) is 76.1 cm³/mol. The summed E-state index contributed by atoms with van der Waals surface area (Å²) in [6.07, 6.45) is 1.91. The van der Waals surface area contributed by atoms with Crippen molar-refractivity contribution in [2.45, 2.75) is 0 Å². The molecule has 0 spiro atoms. The van der Waals surface area contributed by atoms with Gasteiger partial charge in [0, 0.05) is 27.9 Å². The fraction of sp³-hybridized carbons (Fsp3) is 0. The molecular weight excluding hydrogens is 244 g/mol. The van der Waals surface area contributed by atoms with Crippen molar-refractivity contribution in [2.75, 3.05) is 0 Å². The van der Waals surface area contributed by atoms with Gasteiger partial charge in [-0.2, -0.15) is 0 Å². The van der Waals surface area contributed by atoms with Crippen molar-refractivity contribution >= 4 is 44.3 Å². The third-order valence-corrected chi connectivity index (χ3v) is 3.64. The van der Waals surface area contributed by atoms with Crippen LogP contribution in [-0.2, 0) is 0 Å². The number of halogens is 1. The van der Waals surface area contributed by atoms with E-state index in [4.69, 9.17) is 11.6 Å². The molecule has 1 N–H and O–H groups in total. The number of H-pyrrole nitrogens is 1. The molecule has 0 aliphatic rings.